The van der Waals surface area contributed by atoms with Crippen LogP contribution in [0.5, 0.6) is 0 Å². The molecule has 0 heterocycles. The van der Waals surface area contributed by atoms with Crippen LogP contribution in [0.4, 0.5) is 4.39 Å². The molecule has 1 aromatic carbocycles. The van der Waals surface area contributed by atoms with Gasteiger partial charge in [-0.3, -0.25) is 9.79 Å². The van der Waals surface area contributed by atoms with Gasteiger partial charge < -0.3 is 16.0 Å². The van der Waals surface area contributed by atoms with Crippen molar-refractivity contribution in [3.63, 3.8) is 0 Å². The number of nitrogens with zero attached hydrogens (tertiary/aromatic N) is 1. The predicted molar refractivity (Wildman–Crippen MR) is 120 cm³/mol. The van der Waals surface area contributed by atoms with Crippen molar-refractivity contribution in [3.8, 4) is 0 Å². The molecule has 1 aromatic rings. The van der Waals surface area contributed by atoms with Crippen molar-refractivity contribution >= 4 is 47.6 Å². The molecular weight excluding hydrogens is 466 g/mol. The zero-order chi connectivity index (χ0) is 18.7. The van der Waals surface area contributed by atoms with Crippen LogP contribution in [0.25, 0.3) is 0 Å². The molecule has 0 aliphatic carbocycles. The summed E-state index contributed by atoms with van der Waals surface area (Å²) in [6.07, 6.45) is 2.32. The minimum atomic E-state index is -0.298. The van der Waals surface area contributed by atoms with E-state index < -0.39 is 0 Å². The van der Waals surface area contributed by atoms with Crippen molar-refractivity contribution < 1.29 is 9.18 Å². The van der Waals surface area contributed by atoms with Crippen LogP contribution in [0.15, 0.2) is 29.3 Å². The van der Waals surface area contributed by atoms with Crippen molar-refractivity contribution in [1.82, 2.24) is 16.0 Å². The topological polar surface area (TPSA) is 65.5 Å². The van der Waals surface area contributed by atoms with Gasteiger partial charge in [0.1, 0.15) is 5.82 Å². The van der Waals surface area contributed by atoms with Crippen LogP contribution in [0, 0.1) is 5.82 Å². The first kappa shape index (κ1) is 25.0. The fourth-order valence-electron chi connectivity index (χ4n) is 1.91. The van der Waals surface area contributed by atoms with E-state index >= 15 is 0 Å². The number of aliphatic imine (C=N–C) groups is 1. The zero-order valence-electron chi connectivity index (χ0n) is 15.9. The molecule has 8 heteroatoms. The summed E-state index contributed by atoms with van der Waals surface area (Å²) < 4.78 is 12.9. The summed E-state index contributed by atoms with van der Waals surface area (Å²) in [7, 11) is 0. The summed E-state index contributed by atoms with van der Waals surface area (Å²) in [5.41, 5.74) is 0.793. The number of thioether (sulfide) groups is 1. The Balaban J connectivity index is 0.00000625. The molecule has 5 nitrogen and oxygen atoms in total. The molecule has 148 valence electrons. The third-order valence-corrected chi connectivity index (χ3v) is 4.77. The van der Waals surface area contributed by atoms with Crippen LogP contribution in [-0.2, 0) is 11.2 Å². The highest BCUT2D eigenvalue weighted by atomic mass is 127. The highest BCUT2D eigenvalue weighted by Gasteiger charge is 2.15. The second-order valence-corrected chi connectivity index (χ2v) is 7.75. The lowest BCUT2D eigenvalue weighted by Crippen LogP contribution is -2.42. The predicted octanol–water partition coefficient (Wildman–Crippen LogP) is 2.80. The number of carbonyl (C=O) groups excluding carboxylic acids is 1. The highest BCUT2D eigenvalue weighted by Crippen LogP contribution is 2.20. The molecule has 0 aliphatic rings. The van der Waals surface area contributed by atoms with E-state index in [2.05, 4.69) is 41.0 Å². The monoisotopic (exact) mass is 496 g/mol. The first-order valence-electron chi connectivity index (χ1n) is 8.45. The number of benzene rings is 1. The van der Waals surface area contributed by atoms with Crippen LogP contribution in [0.3, 0.4) is 0 Å². The number of amides is 1. The van der Waals surface area contributed by atoms with E-state index in [-0.39, 0.29) is 46.9 Å². The maximum atomic E-state index is 12.8. The number of nitrogens with one attached hydrogen (secondary N) is 3. The first-order valence-corrected chi connectivity index (χ1v) is 9.67. The lowest BCUT2D eigenvalue weighted by Gasteiger charge is -2.20. The van der Waals surface area contributed by atoms with Crippen LogP contribution in [-0.4, -0.2) is 49.0 Å². The molecule has 0 unspecified atom stereocenters. The molecule has 1 rings (SSSR count). The highest BCUT2D eigenvalue weighted by molar-refractivity contribution is 14.0. The largest absolute Gasteiger partial charge is 0.357 e. The first-order chi connectivity index (χ1) is 11.9. The molecule has 0 aliphatic heterocycles. The Morgan fingerprint density at radius 1 is 1.15 bits per heavy atom. The minimum absolute atomic E-state index is 0. The van der Waals surface area contributed by atoms with E-state index in [0.29, 0.717) is 19.6 Å². The number of hydrogen-bond donors (Lipinski definition) is 3. The van der Waals surface area contributed by atoms with Gasteiger partial charge in [-0.15, -0.1) is 24.0 Å². The van der Waals surface area contributed by atoms with Crippen molar-refractivity contribution in [3.05, 3.63) is 35.6 Å². The molecule has 1 amide bonds. The smallest absolute Gasteiger partial charge is 0.224 e. The maximum absolute atomic E-state index is 12.8. The molecule has 0 radical (unpaired) electrons. The second kappa shape index (κ2) is 13.2. The van der Waals surface area contributed by atoms with Crippen LogP contribution >= 0.6 is 35.7 Å². The summed E-state index contributed by atoms with van der Waals surface area (Å²) in [6.45, 7) is 8.89. The third-order valence-electron chi connectivity index (χ3n) is 3.53. The number of hydrogen-bond acceptors (Lipinski definition) is 3. The molecule has 26 heavy (non-hydrogen) atoms. The van der Waals surface area contributed by atoms with Gasteiger partial charge in [0.2, 0.25) is 5.91 Å². The lowest BCUT2D eigenvalue weighted by atomic mass is 10.1. The fourth-order valence-corrected chi connectivity index (χ4v) is 2.10. The Bertz CT molecular complexity index is 567. The average Bonchev–Trinajstić information content (AvgIpc) is 2.58. The van der Waals surface area contributed by atoms with E-state index in [1.165, 1.54) is 12.1 Å². The van der Waals surface area contributed by atoms with Crippen molar-refractivity contribution in [2.75, 3.05) is 32.4 Å². The Morgan fingerprint density at radius 3 is 2.35 bits per heavy atom. The molecule has 0 atom stereocenters. The van der Waals surface area contributed by atoms with Crippen LogP contribution in [0.1, 0.15) is 26.3 Å². The number of carbonyl (C=O) groups is 1. The van der Waals surface area contributed by atoms with Gasteiger partial charge in [-0.05, 0) is 44.7 Å². The zero-order valence-corrected chi connectivity index (χ0v) is 19.0. The Kier molecular flexibility index (Phi) is 12.7. The summed E-state index contributed by atoms with van der Waals surface area (Å²) >= 11 is 1.78. The third kappa shape index (κ3) is 10.8. The second-order valence-electron chi connectivity index (χ2n) is 6.24. The van der Waals surface area contributed by atoms with Crippen molar-refractivity contribution in [2.45, 2.75) is 31.9 Å². The van der Waals surface area contributed by atoms with E-state index in [0.717, 1.165) is 18.1 Å². The average molecular weight is 496 g/mol. The van der Waals surface area contributed by atoms with Gasteiger partial charge >= 0.3 is 0 Å². The molecule has 0 saturated heterocycles. The molecule has 0 bridgehead atoms. The Labute approximate surface area is 177 Å². The summed E-state index contributed by atoms with van der Waals surface area (Å²) in [6, 6.07) is 5.96. The normalized spacial score (nSPS) is 11.5. The lowest BCUT2D eigenvalue weighted by molar-refractivity contribution is -0.120. The van der Waals surface area contributed by atoms with Gasteiger partial charge in [-0.1, -0.05) is 12.1 Å². The van der Waals surface area contributed by atoms with Gasteiger partial charge in [0.25, 0.3) is 0 Å². The Morgan fingerprint density at radius 2 is 1.77 bits per heavy atom. The standard InChI is InChI=1S/C18H29FN4OS.HI/c1-5-20-17(23-13-18(2,3)25-4)22-11-10-21-16(24)12-14-6-8-15(19)9-7-14;/h6-9H,5,10-13H2,1-4H3,(H,21,24)(H2,20,22,23);1H. The van der Waals surface area contributed by atoms with Crippen LogP contribution in [0.2, 0.25) is 0 Å². The van der Waals surface area contributed by atoms with Crippen molar-refractivity contribution in [2.24, 2.45) is 4.99 Å². The van der Waals surface area contributed by atoms with Gasteiger partial charge in [0.15, 0.2) is 5.96 Å². The number of halogens is 2. The molecule has 0 saturated carbocycles. The SMILES string of the molecule is CCNC(=NCC(C)(C)SC)NCCNC(=O)Cc1ccc(F)cc1.I. The molecular formula is C18H30FIN4OS. The molecule has 3 N–H and O–H groups in total. The summed E-state index contributed by atoms with van der Waals surface area (Å²) in [4.78, 5) is 16.5. The van der Waals surface area contributed by atoms with E-state index in [4.69, 9.17) is 0 Å². The molecule has 0 spiro atoms. The molecule has 0 fully saturated rings. The van der Waals surface area contributed by atoms with Gasteiger partial charge in [0.05, 0.1) is 13.0 Å². The van der Waals surface area contributed by atoms with Crippen molar-refractivity contribution in [1.29, 1.82) is 0 Å². The number of guanidine groups is 1. The maximum Gasteiger partial charge on any atom is 0.224 e. The molecule has 0 aromatic heterocycles. The summed E-state index contributed by atoms with van der Waals surface area (Å²) in [5, 5.41) is 9.25. The van der Waals surface area contributed by atoms with Gasteiger partial charge in [-0.25, -0.2) is 4.39 Å². The van der Waals surface area contributed by atoms with Crippen LogP contribution < -0.4 is 16.0 Å². The van der Waals surface area contributed by atoms with Gasteiger partial charge in [0, 0.05) is 24.4 Å². The van der Waals surface area contributed by atoms with Gasteiger partial charge in [-0.2, -0.15) is 11.8 Å². The summed E-state index contributed by atoms with van der Waals surface area (Å²) in [5.74, 6) is 0.365. The number of rotatable bonds is 9. The van der Waals surface area contributed by atoms with E-state index in [1.54, 1.807) is 23.9 Å². The minimum Gasteiger partial charge on any atom is -0.357 e. The van der Waals surface area contributed by atoms with E-state index in [9.17, 15) is 9.18 Å². The van der Waals surface area contributed by atoms with E-state index in [1.807, 2.05) is 6.92 Å². The Hall–Kier alpha value is -1.03. The quantitative estimate of drug-likeness (QED) is 0.213. The fraction of sp³-hybridized carbons (Fsp3) is 0.556.